The van der Waals surface area contributed by atoms with Gasteiger partial charge in [-0.3, -0.25) is 4.79 Å². The molecular weight excluding hydrogens is 338 g/mol. The molecule has 6 nitrogen and oxygen atoms in total. The summed E-state index contributed by atoms with van der Waals surface area (Å²) in [7, 11) is -1.88. The van der Waals surface area contributed by atoms with Crippen LogP contribution in [0.2, 0.25) is 0 Å². The first-order valence-electron chi connectivity index (χ1n) is 8.56. The van der Waals surface area contributed by atoms with Crippen molar-refractivity contribution in [3.63, 3.8) is 0 Å². The molecule has 1 aromatic carbocycles. The molecule has 0 aromatic heterocycles. The molecule has 0 fully saturated rings. The van der Waals surface area contributed by atoms with Gasteiger partial charge in [-0.05, 0) is 36.6 Å². The summed E-state index contributed by atoms with van der Waals surface area (Å²) < 4.78 is 26.8. The van der Waals surface area contributed by atoms with Gasteiger partial charge in [0.15, 0.2) is 0 Å². The smallest absolute Gasteiger partial charge is 0.253 e. The highest BCUT2D eigenvalue weighted by Gasteiger charge is 2.26. The van der Waals surface area contributed by atoms with E-state index in [1.54, 1.807) is 37.9 Å². The topological polar surface area (TPSA) is 83.7 Å². The highest BCUT2D eigenvalue weighted by Crippen LogP contribution is 2.22. The van der Waals surface area contributed by atoms with E-state index in [9.17, 15) is 13.2 Å². The third-order valence-corrected chi connectivity index (χ3v) is 6.39. The van der Waals surface area contributed by atoms with Gasteiger partial charge in [0.2, 0.25) is 10.0 Å². The molecule has 0 bridgehead atoms. The van der Waals surface area contributed by atoms with Crippen LogP contribution < -0.4 is 5.73 Å². The van der Waals surface area contributed by atoms with Gasteiger partial charge in [0.1, 0.15) is 0 Å². The van der Waals surface area contributed by atoms with Crippen molar-refractivity contribution < 1.29 is 13.2 Å². The van der Waals surface area contributed by atoms with Crippen LogP contribution in [0, 0.1) is 12.3 Å². The Morgan fingerprint density at radius 1 is 1.20 bits per heavy atom. The molecule has 0 radical (unpaired) electrons. The number of nitrogens with zero attached hydrogens (tertiary/aromatic N) is 2. The monoisotopic (exact) mass is 369 g/mol. The van der Waals surface area contributed by atoms with E-state index in [-0.39, 0.29) is 16.2 Å². The van der Waals surface area contributed by atoms with Crippen molar-refractivity contribution in [3.8, 4) is 0 Å². The van der Waals surface area contributed by atoms with Gasteiger partial charge in [0, 0.05) is 32.2 Å². The molecular formula is C18H31N3O3S. The van der Waals surface area contributed by atoms with Crippen LogP contribution in [0.3, 0.4) is 0 Å². The quantitative estimate of drug-likeness (QED) is 0.760. The molecule has 142 valence electrons. The van der Waals surface area contributed by atoms with E-state index >= 15 is 0 Å². The van der Waals surface area contributed by atoms with Crippen LogP contribution in [0.5, 0.6) is 0 Å². The van der Waals surface area contributed by atoms with Gasteiger partial charge in [-0.15, -0.1) is 0 Å². The molecule has 25 heavy (non-hydrogen) atoms. The first-order valence-corrected chi connectivity index (χ1v) is 10.0. The third-order valence-electron chi connectivity index (χ3n) is 4.35. The Hall–Kier alpha value is -1.44. The van der Waals surface area contributed by atoms with E-state index in [2.05, 4.69) is 0 Å². The second-order valence-corrected chi connectivity index (χ2v) is 9.03. The Labute approximate surface area is 152 Å². The number of nitrogens with two attached hydrogens (primary N) is 1. The summed E-state index contributed by atoms with van der Waals surface area (Å²) in [5, 5.41) is 0. The molecule has 1 aromatic rings. The van der Waals surface area contributed by atoms with E-state index in [4.69, 9.17) is 5.73 Å². The van der Waals surface area contributed by atoms with Crippen molar-refractivity contribution in [1.82, 2.24) is 9.21 Å². The van der Waals surface area contributed by atoms with Gasteiger partial charge >= 0.3 is 0 Å². The number of hydrogen-bond donors (Lipinski definition) is 1. The van der Waals surface area contributed by atoms with Crippen LogP contribution in [-0.2, 0) is 10.0 Å². The number of rotatable bonds is 8. The Morgan fingerprint density at radius 2 is 1.76 bits per heavy atom. The molecule has 0 heterocycles. The number of carbonyl (C=O) groups is 1. The summed E-state index contributed by atoms with van der Waals surface area (Å²) in [6.07, 6.45) is 0. The standard InChI is InChI=1S/C18H31N3O3S/c1-7-21(8-2)25(23,24)15-10-9-14(3)16(11-15)17(22)20(6)13-18(4,5)12-19/h9-11H,7-8,12-13,19H2,1-6H3. The molecule has 0 aliphatic rings. The van der Waals surface area contributed by atoms with Crippen LogP contribution in [0.1, 0.15) is 43.6 Å². The Morgan fingerprint density at radius 3 is 2.24 bits per heavy atom. The average Bonchev–Trinajstić information content (AvgIpc) is 2.54. The lowest BCUT2D eigenvalue weighted by molar-refractivity contribution is 0.0739. The molecule has 0 atom stereocenters. The minimum Gasteiger partial charge on any atom is -0.341 e. The van der Waals surface area contributed by atoms with E-state index in [0.29, 0.717) is 31.7 Å². The summed E-state index contributed by atoms with van der Waals surface area (Å²) in [6.45, 7) is 11.1. The van der Waals surface area contributed by atoms with Crippen molar-refractivity contribution in [1.29, 1.82) is 0 Å². The van der Waals surface area contributed by atoms with Crippen LogP contribution in [0.25, 0.3) is 0 Å². The first kappa shape index (κ1) is 21.6. The molecule has 0 aliphatic carbocycles. The van der Waals surface area contributed by atoms with Crippen molar-refractivity contribution in [2.24, 2.45) is 11.1 Å². The molecule has 1 rings (SSSR count). The minimum absolute atomic E-state index is 0.150. The van der Waals surface area contributed by atoms with Gasteiger partial charge in [-0.25, -0.2) is 8.42 Å². The molecule has 0 aliphatic heterocycles. The maximum absolute atomic E-state index is 12.8. The summed E-state index contributed by atoms with van der Waals surface area (Å²) in [5.74, 6) is -0.198. The van der Waals surface area contributed by atoms with Crippen molar-refractivity contribution in [2.45, 2.75) is 39.5 Å². The van der Waals surface area contributed by atoms with Crippen LogP contribution in [0.4, 0.5) is 0 Å². The molecule has 0 spiro atoms. The van der Waals surface area contributed by atoms with Crippen LogP contribution in [0.15, 0.2) is 23.1 Å². The fraction of sp³-hybridized carbons (Fsp3) is 0.611. The average molecular weight is 370 g/mol. The predicted molar refractivity (Wildman–Crippen MR) is 101 cm³/mol. The summed E-state index contributed by atoms with van der Waals surface area (Å²) in [5.41, 5.74) is 6.70. The van der Waals surface area contributed by atoms with E-state index in [1.165, 1.54) is 10.4 Å². The Bertz CT molecular complexity index is 710. The molecule has 0 unspecified atom stereocenters. The normalized spacial score (nSPS) is 12.5. The van der Waals surface area contributed by atoms with Crippen molar-refractivity contribution in [3.05, 3.63) is 29.3 Å². The molecule has 0 saturated heterocycles. The zero-order chi connectivity index (χ0) is 19.4. The molecule has 7 heteroatoms. The Balaban J connectivity index is 3.24. The van der Waals surface area contributed by atoms with Gasteiger partial charge in [0.05, 0.1) is 4.90 Å². The number of carbonyl (C=O) groups excluding carboxylic acids is 1. The number of amides is 1. The third kappa shape index (κ3) is 5.03. The number of hydrogen-bond acceptors (Lipinski definition) is 4. The second kappa shape index (κ2) is 8.29. The fourth-order valence-electron chi connectivity index (χ4n) is 2.69. The van der Waals surface area contributed by atoms with E-state index in [0.717, 1.165) is 5.56 Å². The lowest BCUT2D eigenvalue weighted by Crippen LogP contribution is -2.40. The number of benzene rings is 1. The van der Waals surface area contributed by atoms with Crippen molar-refractivity contribution >= 4 is 15.9 Å². The van der Waals surface area contributed by atoms with Gasteiger partial charge < -0.3 is 10.6 Å². The maximum Gasteiger partial charge on any atom is 0.253 e. The number of sulfonamides is 1. The Kier molecular flexibility index (Phi) is 7.17. The van der Waals surface area contributed by atoms with Crippen LogP contribution in [-0.4, -0.2) is 56.8 Å². The highest BCUT2D eigenvalue weighted by atomic mass is 32.2. The fourth-order valence-corrected chi connectivity index (χ4v) is 4.17. The first-order chi connectivity index (χ1) is 11.5. The lowest BCUT2D eigenvalue weighted by atomic mass is 9.93. The maximum atomic E-state index is 12.8. The highest BCUT2D eigenvalue weighted by molar-refractivity contribution is 7.89. The summed E-state index contributed by atoms with van der Waals surface area (Å²) in [4.78, 5) is 14.6. The van der Waals surface area contributed by atoms with Crippen LogP contribution >= 0.6 is 0 Å². The van der Waals surface area contributed by atoms with Gasteiger partial charge in [-0.2, -0.15) is 4.31 Å². The number of aryl methyl sites for hydroxylation is 1. The molecule has 0 saturated carbocycles. The largest absolute Gasteiger partial charge is 0.341 e. The van der Waals surface area contributed by atoms with Gasteiger partial charge in [0.25, 0.3) is 5.91 Å². The minimum atomic E-state index is -3.60. The lowest BCUT2D eigenvalue weighted by Gasteiger charge is -2.29. The second-order valence-electron chi connectivity index (χ2n) is 7.10. The SMILES string of the molecule is CCN(CC)S(=O)(=O)c1ccc(C)c(C(=O)N(C)CC(C)(C)CN)c1. The zero-order valence-corrected chi connectivity index (χ0v) is 17.0. The predicted octanol–water partition coefficient (Wildman–Crippen LogP) is 2.08. The molecule has 1 amide bonds. The summed E-state index contributed by atoms with van der Waals surface area (Å²) in [6, 6.07) is 4.73. The van der Waals surface area contributed by atoms with E-state index in [1.807, 2.05) is 20.8 Å². The van der Waals surface area contributed by atoms with E-state index < -0.39 is 10.0 Å². The zero-order valence-electron chi connectivity index (χ0n) is 16.2. The van der Waals surface area contributed by atoms with Gasteiger partial charge in [-0.1, -0.05) is 33.8 Å². The molecule has 2 N–H and O–H groups in total. The van der Waals surface area contributed by atoms with Crippen molar-refractivity contribution in [2.75, 3.05) is 33.2 Å². The summed E-state index contributed by atoms with van der Waals surface area (Å²) >= 11 is 0.